The van der Waals surface area contributed by atoms with Gasteiger partial charge >= 0.3 is 0 Å². The quantitative estimate of drug-likeness (QED) is 0.666. The van der Waals surface area contributed by atoms with Crippen LogP contribution >= 0.6 is 11.6 Å². The van der Waals surface area contributed by atoms with Crippen molar-refractivity contribution >= 4 is 23.2 Å². The van der Waals surface area contributed by atoms with Crippen molar-refractivity contribution in [3.63, 3.8) is 0 Å². The van der Waals surface area contributed by atoms with E-state index < -0.39 is 0 Å². The standard InChI is InChI=1S/C14H18ClNO3/c1-9(10(2)19-4)14(17)16-12-5-6-13(15)11(7-12)8-18-3/h5-7H,8H2,1-4H3,(H,16,17)/b10-9+. The van der Waals surface area contributed by atoms with Crippen LogP contribution in [0.4, 0.5) is 5.69 Å². The molecule has 1 aromatic carbocycles. The first-order valence-electron chi connectivity index (χ1n) is 5.79. The maximum Gasteiger partial charge on any atom is 0.254 e. The summed E-state index contributed by atoms with van der Waals surface area (Å²) in [5.41, 5.74) is 2.03. The van der Waals surface area contributed by atoms with Crippen molar-refractivity contribution in [1.29, 1.82) is 0 Å². The summed E-state index contributed by atoms with van der Waals surface area (Å²) in [6, 6.07) is 5.27. The molecule has 0 bridgehead atoms. The Morgan fingerprint density at radius 2 is 2.00 bits per heavy atom. The van der Waals surface area contributed by atoms with Gasteiger partial charge in [-0.1, -0.05) is 11.6 Å². The minimum Gasteiger partial charge on any atom is -0.501 e. The lowest BCUT2D eigenvalue weighted by Gasteiger charge is -2.10. The zero-order valence-corrected chi connectivity index (χ0v) is 12.3. The summed E-state index contributed by atoms with van der Waals surface area (Å²) >= 11 is 6.02. The molecule has 1 N–H and O–H groups in total. The molecule has 0 heterocycles. The monoisotopic (exact) mass is 283 g/mol. The number of hydrogen-bond acceptors (Lipinski definition) is 3. The Kier molecular flexibility index (Phi) is 5.86. The largest absolute Gasteiger partial charge is 0.501 e. The molecule has 104 valence electrons. The number of amides is 1. The molecule has 0 unspecified atom stereocenters. The fourth-order valence-electron chi connectivity index (χ4n) is 1.46. The summed E-state index contributed by atoms with van der Waals surface area (Å²) in [5, 5.41) is 3.40. The Morgan fingerprint density at radius 3 is 2.58 bits per heavy atom. The molecular weight excluding hydrogens is 266 g/mol. The highest BCUT2D eigenvalue weighted by atomic mass is 35.5. The van der Waals surface area contributed by atoms with E-state index in [1.165, 1.54) is 7.11 Å². The lowest BCUT2D eigenvalue weighted by atomic mass is 10.2. The highest BCUT2D eigenvalue weighted by Crippen LogP contribution is 2.21. The topological polar surface area (TPSA) is 47.6 Å². The molecule has 0 fully saturated rings. The fourth-order valence-corrected chi connectivity index (χ4v) is 1.63. The van der Waals surface area contributed by atoms with Crippen LogP contribution in [0.1, 0.15) is 19.4 Å². The molecular formula is C14H18ClNO3. The maximum atomic E-state index is 12.0. The number of carbonyl (C=O) groups is 1. The van der Waals surface area contributed by atoms with Gasteiger partial charge in [-0.2, -0.15) is 0 Å². The molecule has 0 atom stereocenters. The van der Waals surface area contributed by atoms with Crippen molar-refractivity contribution in [2.75, 3.05) is 19.5 Å². The van der Waals surface area contributed by atoms with Crippen molar-refractivity contribution in [1.82, 2.24) is 0 Å². The third kappa shape index (κ3) is 4.26. The number of benzene rings is 1. The molecule has 0 aliphatic carbocycles. The number of halogens is 1. The minimum atomic E-state index is -0.204. The van der Waals surface area contributed by atoms with Gasteiger partial charge in [-0.15, -0.1) is 0 Å². The summed E-state index contributed by atoms with van der Waals surface area (Å²) < 4.78 is 10.1. The van der Waals surface area contributed by atoms with E-state index in [1.54, 1.807) is 39.2 Å². The van der Waals surface area contributed by atoms with Crippen LogP contribution in [-0.2, 0) is 20.9 Å². The van der Waals surface area contributed by atoms with Gasteiger partial charge in [0.05, 0.1) is 19.3 Å². The summed E-state index contributed by atoms with van der Waals surface area (Å²) in [6.45, 7) is 3.85. The molecule has 0 aliphatic heterocycles. The van der Waals surface area contributed by atoms with Gasteiger partial charge in [-0.25, -0.2) is 0 Å². The zero-order chi connectivity index (χ0) is 14.4. The average Bonchev–Trinajstić information content (AvgIpc) is 2.41. The molecule has 1 amide bonds. The van der Waals surface area contributed by atoms with Crippen LogP contribution in [0.5, 0.6) is 0 Å². The van der Waals surface area contributed by atoms with E-state index >= 15 is 0 Å². The van der Waals surface area contributed by atoms with Gasteiger partial charge in [-0.3, -0.25) is 4.79 Å². The van der Waals surface area contributed by atoms with E-state index in [0.29, 0.717) is 28.6 Å². The maximum absolute atomic E-state index is 12.0. The number of rotatable bonds is 5. The second kappa shape index (κ2) is 7.16. The summed E-state index contributed by atoms with van der Waals surface area (Å²) in [6.07, 6.45) is 0. The third-order valence-corrected chi connectivity index (χ3v) is 3.15. The average molecular weight is 284 g/mol. The van der Waals surface area contributed by atoms with Crippen LogP contribution < -0.4 is 5.32 Å². The van der Waals surface area contributed by atoms with Crippen LogP contribution in [0.3, 0.4) is 0 Å². The highest BCUT2D eigenvalue weighted by Gasteiger charge is 2.10. The summed E-state index contributed by atoms with van der Waals surface area (Å²) in [5.74, 6) is 0.383. The van der Waals surface area contributed by atoms with E-state index in [9.17, 15) is 4.79 Å². The Bertz CT molecular complexity index is 497. The van der Waals surface area contributed by atoms with E-state index in [0.717, 1.165) is 5.56 Å². The van der Waals surface area contributed by atoms with E-state index in [2.05, 4.69) is 5.32 Å². The number of ether oxygens (including phenoxy) is 2. The fraction of sp³-hybridized carbons (Fsp3) is 0.357. The van der Waals surface area contributed by atoms with Crippen LogP contribution in [0, 0.1) is 0 Å². The Balaban J connectivity index is 2.89. The lowest BCUT2D eigenvalue weighted by molar-refractivity contribution is -0.113. The SMILES string of the molecule is COCc1cc(NC(=O)/C(C)=C(\C)OC)ccc1Cl. The van der Waals surface area contributed by atoms with Gasteiger partial charge in [0, 0.05) is 17.8 Å². The number of anilines is 1. The van der Waals surface area contributed by atoms with Crippen molar-refractivity contribution in [3.05, 3.63) is 40.1 Å². The highest BCUT2D eigenvalue weighted by molar-refractivity contribution is 6.31. The summed E-state index contributed by atoms with van der Waals surface area (Å²) in [7, 11) is 3.13. The smallest absolute Gasteiger partial charge is 0.254 e. The molecule has 1 aromatic rings. The molecule has 4 nitrogen and oxygen atoms in total. The van der Waals surface area contributed by atoms with Crippen molar-refractivity contribution < 1.29 is 14.3 Å². The minimum absolute atomic E-state index is 0.204. The van der Waals surface area contributed by atoms with E-state index in [4.69, 9.17) is 21.1 Å². The number of carbonyl (C=O) groups excluding carboxylic acids is 1. The summed E-state index contributed by atoms with van der Waals surface area (Å²) in [4.78, 5) is 12.0. The Labute approximate surface area is 118 Å². The number of allylic oxidation sites excluding steroid dienone is 1. The van der Waals surface area contributed by atoms with E-state index in [1.807, 2.05) is 0 Å². The first-order chi connectivity index (χ1) is 8.99. The molecule has 0 aliphatic rings. The first-order valence-corrected chi connectivity index (χ1v) is 6.17. The molecule has 19 heavy (non-hydrogen) atoms. The molecule has 1 rings (SSSR count). The van der Waals surface area contributed by atoms with E-state index in [-0.39, 0.29) is 5.91 Å². The zero-order valence-electron chi connectivity index (χ0n) is 11.5. The van der Waals surface area contributed by atoms with Crippen molar-refractivity contribution in [3.8, 4) is 0 Å². The number of nitrogens with one attached hydrogen (secondary N) is 1. The van der Waals surface area contributed by atoms with Gasteiger partial charge in [0.2, 0.25) is 0 Å². The first kappa shape index (κ1) is 15.5. The predicted molar refractivity (Wildman–Crippen MR) is 76.2 cm³/mol. The predicted octanol–water partition coefficient (Wildman–Crippen LogP) is 3.37. The molecule has 0 aromatic heterocycles. The Morgan fingerprint density at radius 1 is 1.32 bits per heavy atom. The lowest BCUT2D eigenvalue weighted by Crippen LogP contribution is -2.14. The van der Waals surface area contributed by atoms with Gasteiger partial charge in [-0.05, 0) is 37.6 Å². The normalized spacial score (nSPS) is 11.8. The molecule has 5 heteroatoms. The van der Waals surface area contributed by atoms with Crippen LogP contribution in [-0.4, -0.2) is 20.1 Å². The van der Waals surface area contributed by atoms with Gasteiger partial charge in [0.1, 0.15) is 5.76 Å². The van der Waals surface area contributed by atoms with Gasteiger partial charge in [0.15, 0.2) is 0 Å². The van der Waals surface area contributed by atoms with Crippen molar-refractivity contribution in [2.45, 2.75) is 20.5 Å². The molecule has 0 saturated heterocycles. The number of methoxy groups -OCH3 is 2. The van der Waals surface area contributed by atoms with Crippen molar-refractivity contribution in [2.24, 2.45) is 0 Å². The molecule has 0 radical (unpaired) electrons. The number of hydrogen-bond donors (Lipinski definition) is 1. The second-order valence-corrected chi connectivity index (χ2v) is 4.49. The van der Waals surface area contributed by atoms with Crippen LogP contribution in [0.2, 0.25) is 5.02 Å². The Hall–Kier alpha value is -1.52. The van der Waals surface area contributed by atoms with Crippen LogP contribution in [0.15, 0.2) is 29.5 Å². The molecule has 0 saturated carbocycles. The van der Waals surface area contributed by atoms with Gasteiger partial charge in [0.25, 0.3) is 5.91 Å². The second-order valence-electron chi connectivity index (χ2n) is 4.08. The molecule has 0 spiro atoms. The third-order valence-electron chi connectivity index (χ3n) is 2.78. The van der Waals surface area contributed by atoms with Gasteiger partial charge < -0.3 is 14.8 Å². The van der Waals surface area contributed by atoms with Crippen LogP contribution in [0.25, 0.3) is 0 Å².